The lowest BCUT2D eigenvalue weighted by molar-refractivity contribution is -0.367. The van der Waals surface area contributed by atoms with Crippen molar-refractivity contribution in [2.45, 2.75) is 198 Å². The quantitative estimate of drug-likeness (QED) is 0.175. The number of ether oxygens (including phenoxy) is 5. The molecule has 0 bridgehead atoms. The molecule has 4 saturated carbocycles. The molecule has 7 rings (SSSR count). The highest BCUT2D eigenvalue weighted by Gasteiger charge is 2.72. The Hall–Kier alpha value is -0.520. The second-order valence-electron chi connectivity index (χ2n) is 20.6. The first-order chi connectivity index (χ1) is 25.0. The number of rotatable bonds is 7. The molecule has 0 amide bonds. The molecule has 0 spiro atoms. The average molecular weight is 771 g/mol. The summed E-state index contributed by atoms with van der Waals surface area (Å²) in [5, 5.41) is 85.7. The summed E-state index contributed by atoms with van der Waals surface area (Å²) in [6.07, 6.45) is -5.82. The van der Waals surface area contributed by atoms with Gasteiger partial charge in [0.2, 0.25) is 0 Å². The van der Waals surface area contributed by atoms with E-state index in [0.717, 1.165) is 51.4 Å². The zero-order chi connectivity index (χ0) is 39.6. The maximum absolute atomic E-state index is 12.3. The zero-order valence-electron chi connectivity index (χ0n) is 33.6. The van der Waals surface area contributed by atoms with Crippen LogP contribution in [0.4, 0.5) is 0 Å². The molecule has 20 atom stereocenters. The number of aliphatic hydroxyl groups excluding tert-OH is 7. The van der Waals surface area contributed by atoms with E-state index in [2.05, 4.69) is 41.5 Å². The van der Waals surface area contributed by atoms with Crippen molar-refractivity contribution in [2.75, 3.05) is 13.2 Å². The van der Waals surface area contributed by atoms with Crippen molar-refractivity contribution in [1.82, 2.24) is 0 Å². The summed E-state index contributed by atoms with van der Waals surface area (Å²) in [6.45, 7) is 16.9. The van der Waals surface area contributed by atoms with Gasteiger partial charge in [-0.2, -0.15) is 0 Å². The Bertz CT molecular complexity index is 1360. The molecule has 3 aliphatic heterocycles. The van der Waals surface area contributed by atoms with Crippen molar-refractivity contribution in [1.29, 1.82) is 0 Å². The minimum Gasteiger partial charge on any atom is -0.394 e. The van der Waals surface area contributed by atoms with Gasteiger partial charge in [0.05, 0.1) is 42.7 Å². The summed E-state index contributed by atoms with van der Waals surface area (Å²) in [5.41, 5.74) is -1.81. The first-order valence-corrected chi connectivity index (χ1v) is 20.7. The monoisotopic (exact) mass is 770 g/mol. The predicted octanol–water partition coefficient (Wildman–Crippen LogP) is 2.00. The van der Waals surface area contributed by atoms with Gasteiger partial charge >= 0.3 is 0 Å². The third kappa shape index (κ3) is 6.28. The van der Waals surface area contributed by atoms with Gasteiger partial charge in [0, 0.05) is 0 Å². The zero-order valence-corrected chi connectivity index (χ0v) is 33.6. The Balaban J connectivity index is 1.09. The van der Waals surface area contributed by atoms with E-state index in [0.29, 0.717) is 6.42 Å². The maximum atomic E-state index is 12.3. The summed E-state index contributed by atoms with van der Waals surface area (Å²) in [5.74, 6) is 0.864. The second kappa shape index (κ2) is 14.1. The third-order valence-corrected chi connectivity index (χ3v) is 17.1. The molecule has 54 heavy (non-hydrogen) atoms. The molecular weight excluding hydrogens is 700 g/mol. The molecule has 0 aromatic rings. The van der Waals surface area contributed by atoms with Gasteiger partial charge in [-0.3, -0.25) is 0 Å². The predicted molar refractivity (Wildman–Crippen MR) is 194 cm³/mol. The molecule has 0 aromatic carbocycles. The van der Waals surface area contributed by atoms with E-state index < -0.39 is 73.6 Å². The van der Waals surface area contributed by atoms with E-state index in [4.69, 9.17) is 23.7 Å². The van der Waals surface area contributed by atoms with Gasteiger partial charge in [0.25, 0.3) is 0 Å². The number of fused-ring (bicyclic) bond motifs is 5. The molecule has 3 saturated heterocycles. The lowest BCUT2D eigenvalue weighted by Gasteiger charge is -2.70. The molecule has 0 unspecified atom stereocenters. The van der Waals surface area contributed by atoms with E-state index >= 15 is 0 Å². The molecule has 7 fully saturated rings. The van der Waals surface area contributed by atoms with Gasteiger partial charge in [0.15, 0.2) is 12.6 Å². The fourth-order valence-electron chi connectivity index (χ4n) is 13.8. The highest BCUT2D eigenvalue weighted by atomic mass is 16.8. The van der Waals surface area contributed by atoms with Crippen LogP contribution in [0.3, 0.4) is 0 Å². The van der Waals surface area contributed by atoms with Crippen LogP contribution in [0.2, 0.25) is 0 Å². The SMILES string of the molecule is CC(C)(O)[C@H]1CC[C@@](C)([C@H]2CC[C@]3(C)[C@@H]2[C@H](O)C[C@@H]2[C@@]4(C)CC[C@H](O[C@@H]5OC[C@@H](O)[C@H](O)[C@H]5O[C@@H]5O[C@H](CO)[C@@H](O)[C@H](O)[C@H]5O)C(C)(C)[C@H]4CC[C@]23C)O1. The highest BCUT2D eigenvalue weighted by Crippen LogP contribution is 2.76. The summed E-state index contributed by atoms with van der Waals surface area (Å²) in [4.78, 5) is 0. The molecule has 8 N–H and O–H groups in total. The van der Waals surface area contributed by atoms with Crippen LogP contribution in [0.25, 0.3) is 0 Å². The van der Waals surface area contributed by atoms with Gasteiger partial charge in [-0.05, 0) is 124 Å². The summed E-state index contributed by atoms with van der Waals surface area (Å²) < 4.78 is 31.0. The van der Waals surface area contributed by atoms with Crippen LogP contribution in [0.15, 0.2) is 0 Å². The van der Waals surface area contributed by atoms with E-state index in [1.165, 1.54) is 0 Å². The summed E-state index contributed by atoms with van der Waals surface area (Å²) in [7, 11) is 0. The standard InChI is InChI=1S/C41H70O13/c1-36(2)24-10-15-39(6)25(17-21(43)28-20(9-14-40(28,39)7)41(8)16-12-27(54-41)37(3,4)49)38(24,5)13-11-26(36)52-35-33(29(45)22(44)19-50-35)53-34-32(48)31(47)30(46)23(18-42)51-34/h20-35,42-49H,9-19H2,1-8H3/t20-,21+,22+,23+,24+,25+,26-,27+,28-,29-,30+,31-,32+,33+,34-,35-,38-,39+,40+,41-/m0/s1. The molecule has 7 aliphatic rings. The minimum absolute atomic E-state index is 0.00233. The van der Waals surface area contributed by atoms with Gasteiger partial charge in [-0.1, -0.05) is 34.6 Å². The Morgan fingerprint density at radius 2 is 1.39 bits per heavy atom. The van der Waals surface area contributed by atoms with Gasteiger partial charge in [0.1, 0.15) is 42.7 Å². The maximum Gasteiger partial charge on any atom is 0.187 e. The van der Waals surface area contributed by atoms with Crippen LogP contribution in [-0.2, 0) is 23.7 Å². The highest BCUT2D eigenvalue weighted by molar-refractivity contribution is 5.20. The van der Waals surface area contributed by atoms with E-state index in [1.807, 2.05) is 13.8 Å². The Morgan fingerprint density at radius 1 is 0.704 bits per heavy atom. The fourth-order valence-corrected chi connectivity index (χ4v) is 13.8. The number of hydrogen-bond donors (Lipinski definition) is 8. The fraction of sp³-hybridized carbons (Fsp3) is 1.00. The van der Waals surface area contributed by atoms with Crippen molar-refractivity contribution >= 4 is 0 Å². The first-order valence-electron chi connectivity index (χ1n) is 20.7. The molecule has 13 nitrogen and oxygen atoms in total. The lowest BCUT2D eigenvalue weighted by Crippen LogP contribution is -2.67. The molecule has 3 heterocycles. The van der Waals surface area contributed by atoms with E-state index in [9.17, 15) is 40.9 Å². The average Bonchev–Trinajstić information content (AvgIpc) is 3.69. The molecule has 312 valence electrons. The summed E-state index contributed by atoms with van der Waals surface area (Å²) >= 11 is 0. The number of aliphatic hydroxyl groups is 8. The number of hydrogen-bond acceptors (Lipinski definition) is 13. The smallest absolute Gasteiger partial charge is 0.187 e. The molecule has 4 aliphatic carbocycles. The van der Waals surface area contributed by atoms with Crippen LogP contribution >= 0.6 is 0 Å². The van der Waals surface area contributed by atoms with Gasteiger partial charge in [-0.15, -0.1) is 0 Å². The van der Waals surface area contributed by atoms with Crippen molar-refractivity contribution in [3.05, 3.63) is 0 Å². The molecule has 0 radical (unpaired) electrons. The Kier molecular flexibility index (Phi) is 10.8. The second-order valence-corrected chi connectivity index (χ2v) is 20.6. The van der Waals surface area contributed by atoms with E-state index in [-0.39, 0.29) is 69.7 Å². The molecular formula is C41H70O13. The Labute approximate surface area is 320 Å². The van der Waals surface area contributed by atoms with Crippen molar-refractivity contribution in [2.24, 2.45) is 45.3 Å². The van der Waals surface area contributed by atoms with Crippen LogP contribution in [0.5, 0.6) is 0 Å². The van der Waals surface area contributed by atoms with Gasteiger partial charge < -0.3 is 64.5 Å². The minimum atomic E-state index is -1.70. The van der Waals surface area contributed by atoms with E-state index in [1.54, 1.807) is 0 Å². The lowest BCUT2D eigenvalue weighted by atomic mass is 9.35. The third-order valence-electron chi connectivity index (χ3n) is 17.1. The topological polar surface area (TPSA) is 208 Å². The largest absolute Gasteiger partial charge is 0.394 e. The van der Waals surface area contributed by atoms with Crippen molar-refractivity contribution in [3.8, 4) is 0 Å². The van der Waals surface area contributed by atoms with Crippen molar-refractivity contribution < 1.29 is 64.5 Å². The van der Waals surface area contributed by atoms with Gasteiger partial charge in [-0.25, -0.2) is 0 Å². The van der Waals surface area contributed by atoms with Crippen LogP contribution in [0, 0.1) is 45.3 Å². The Morgan fingerprint density at radius 3 is 2.04 bits per heavy atom. The molecule has 13 heteroatoms. The van der Waals surface area contributed by atoms with Crippen molar-refractivity contribution in [3.63, 3.8) is 0 Å². The van der Waals surface area contributed by atoms with Crippen LogP contribution in [-0.4, -0.2) is 139 Å². The molecule has 0 aromatic heterocycles. The van der Waals surface area contributed by atoms with Crippen LogP contribution in [0.1, 0.15) is 113 Å². The first kappa shape index (κ1) is 41.6. The summed E-state index contributed by atoms with van der Waals surface area (Å²) in [6, 6.07) is 0. The van der Waals surface area contributed by atoms with Crippen LogP contribution < -0.4 is 0 Å². The normalized spacial score (nSPS) is 56.2.